The number of carbonyl (C=O) groups is 1. The summed E-state index contributed by atoms with van der Waals surface area (Å²) in [5, 5.41) is 35.3. The molecular weight excluding hydrogens is 286 g/mol. The molecule has 0 saturated carbocycles. The fourth-order valence-electron chi connectivity index (χ4n) is 1.49. The maximum atomic E-state index is 13.5. The third kappa shape index (κ3) is 2.56. The lowest BCUT2D eigenvalue weighted by atomic mass is 9.98. The van der Waals surface area contributed by atoms with Crippen molar-refractivity contribution in [3.05, 3.63) is 34.4 Å². The van der Waals surface area contributed by atoms with Gasteiger partial charge in [0.25, 0.3) is 0 Å². The Morgan fingerprint density at radius 3 is 1.90 bits per heavy atom. The Labute approximate surface area is 109 Å². The van der Waals surface area contributed by atoms with Gasteiger partial charge in [0.15, 0.2) is 23.3 Å². The number of carboxylic acid groups (broad SMARTS) is 1. The standard InChI is InChI=1S/C11H7F4NO4/c12-6-4(10(18)3(17)1-2-16)7(13)9(15)5(8(6)14)11(19)20/h3,10,17-18H,1H2,(H,19,20). The summed E-state index contributed by atoms with van der Waals surface area (Å²) in [7, 11) is 0. The second kappa shape index (κ2) is 5.85. The van der Waals surface area contributed by atoms with E-state index in [1.54, 1.807) is 0 Å². The Morgan fingerprint density at radius 1 is 1.10 bits per heavy atom. The lowest BCUT2D eigenvalue weighted by Gasteiger charge is -2.18. The number of carboxylic acids is 1. The first kappa shape index (κ1) is 15.9. The van der Waals surface area contributed by atoms with Crippen molar-refractivity contribution in [2.75, 3.05) is 0 Å². The Morgan fingerprint density at radius 2 is 1.55 bits per heavy atom. The van der Waals surface area contributed by atoms with Crippen LogP contribution in [-0.2, 0) is 0 Å². The molecule has 0 bridgehead atoms. The fourth-order valence-corrected chi connectivity index (χ4v) is 1.49. The number of hydrogen-bond acceptors (Lipinski definition) is 4. The van der Waals surface area contributed by atoms with Crippen LogP contribution in [0.2, 0.25) is 0 Å². The van der Waals surface area contributed by atoms with Gasteiger partial charge in [0, 0.05) is 0 Å². The second-order valence-corrected chi connectivity index (χ2v) is 3.72. The molecule has 3 N–H and O–H groups in total. The number of hydrogen-bond donors (Lipinski definition) is 3. The molecule has 108 valence electrons. The van der Waals surface area contributed by atoms with Crippen molar-refractivity contribution in [1.82, 2.24) is 0 Å². The normalized spacial score (nSPS) is 13.7. The predicted molar refractivity (Wildman–Crippen MR) is 54.4 cm³/mol. The summed E-state index contributed by atoms with van der Waals surface area (Å²) in [6.45, 7) is 0. The molecule has 2 atom stereocenters. The molecule has 0 spiro atoms. The number of nitrogens with zero attached hydrogens (tertiary/aromatic N) is 1. The number of aromatic carboxylic acids is 1. The quantitative estimate of drug-likeness (QED) is 0.573. The first-order valence-corrected chi connectivity index (χ1v) is 5.06. The summed E-state index contributed by atoms with van der Waals surface area (Å²) in [5.41, 5.74) is -3.43. The van der Waals surface area contributed by atoms with Crippen molar-refractivity contribution in [3.8, 4) is 6.07 Å². The molecule has 2 unspecified atom stereocenters. The van der Waals surface area contributed by atoms with E-state index in [0.717, 1.165) is 0 Å². The number of aliphatic hydroxyl groups excluding tert-OH is 2. The second-order valence-electron chi connectivity index (χ2n) is 3.72. The minimum atomic E-state index is -2.43. The van der Waals surface area contributed by atoms with E-state index in [-0.39, 0.29) is 0 Å². The van der Waals surface area contributed by atoms with Crippen molar-refractivity contribution < 1.29 is 37.7 Å². The maximum absolute atomic E-state index is 13.5. The first-order valence-electron chi connectivity index (χ1n) is 5.06. The lowest BCUT2D eigenvalue weighted by molar-refractivity contribution is 0.0162. The van der Waals surface area contributed by atoms with Crippen molar-refractivity contribution in [1.29, 1.82) is 5.26 Å². The molecule has 1 aromatic carbocycles. The minimum absolute atomic E-state index is 0.760. The number of benzene rings is 1. The number of aliphatic hydroxyl groups is 2. The zero-order valence-corrected chi connectivity index (χ0v) is 9.57. The first-order chi connectivity index (χ1) is 9.23. The van der Waals surface area contributed by atoms with Crippen LogP contribution in [0.25, 0.3) is 0 Å². The largest absolute Gasteiger partial charge is 0.477 e. The van der Waals surface area contributed by atoms with Crippen LogP contribution in [0.3, 0.4) is 0 Å². The van der Waals surface area contributed by atoms with Gasteiger partial charge in [0.1, 0.15) is 11.7 Å². The SMILES string of the molecule is N#CCC(O)C(O)c1c(F)c(F)c(C(=O)O)c(F)c1F. The molecule has 0 fully saturated rings. The Hall–Kier alpha value is -2.18. The van der Waals surface area contributed by atoms with Crippen LogP contribution < -0.4 is 0 Å². The summed E-state index contributed by atoms with van der Waals surface area (Å²) in [5.74, 6) is -11.0. The monoisotopic (exact) mass is 293 g/mol. The van der Waals surface area contributed by atoms with Gasteiger partial charge in [0.05, 0.1) is 24.2 Å². The lowest BCUT2D eigenvalue weighted by Crippen LogP contribution is -2.23. The molecule has 1 rings (SSSR count). The molecular formula is C11H7F4NO4. The highest BCUT2D eigenvalue weighted by atomic mass is 19.2. The zero-order valence-electron chi connectivity index (χ0n) is 9.57. The van der Waals surface area contributed by atoms with Gasteiger partial charge in [-0.3, -0.25) is 0 Å². The van der Waals surface area contributed by atoms with Gasteiger partial charge in [-0.2, -0.15) is 5.26 Å². The molecule has 9 heteroatoms. The van der Waals surface area contributed by atoms with Crippen LogP contribution in [0, 0.1) is 34.6 Å². The highest BCUT2D eigenvalue weighted by Crippen LogP contribution is 2.30. The van der Waals surface area contributed by atoms with Gasteiger partial charge in [-0.15, -0.1) is 0 Å². The average Bonchev–Trinajstić information content (AvgIpc) is 2.36. The smallest absolute Gasteiger partial charge is 0.341 e. The van der Waals surface area contributed by atoms with Gasteiger partial charge in [-0.1, -0.05) is 0 Å². The highest BCUT2D eigenvalue weighted by molar-refractivity contribution is 5.88. The maximum Gasteiger partial charge on any atom is 0.341 e. The number of nitriles is 1. The fraction of sp³-hybridized carbons (Fsp3) is 0.273. The van der Waals surface area contributed by atoms with Gasteiger partial charge in [0.2, 0.25) is 0 Å². The molecule has 0 saturated heterocycles. The van der Waals surface area contributed by atoms with Gasteiger partial charge < -0.3 is 15.3 Å². The minimum Gasteiger partial charge on any atom is -0.477 e. The third-order valence-electron chi connectivity index (χ3n) is 2.47. The van der Waals surface area contributed by atoms with E-state index in [4.69, 9.17) is 10.4 Å². The number of halogens is 4. The van der Waals surface area contributed by atoms with E-state index < -0.39 is 59.0 Å². The Balaban J connectivity index is 3.52. The van der Waals surface area contributed by atoms with Crippen molar-refractivity contribution in [2.24, 2.45) is 0 Å². The Kier molecular flexibility index (Phi) is 4.65. The average molecular weight is 293 g/mol. The van der Waals surface area contributed by atoms with Crippen LogP contribution in [0.5, 0.6) is 0 Å². The molecule has 0 aliphatic carbocycles. The summed E-state index contributed by atoms with van der Waals surface area (Å²) in [6.07, 6.45) is -5.19. The molecule has 5 nitrogen and oxygen atoms in total. The molecule has 0 aliphatic heterocycles. The molecule has 0 heterocycles. The molecule has 0 amide bonds. The van der Waals surface area contributed by atoms with Crippen LogP contribution in [0.15, 0.2) is 0 Å². The van der Waals surface area contributed by atoms with Crippen LogP contribution in [0.4, 0.5) is 17.6 Å². The van der Waals surface area contributed by atoms with Crippen LogP contribution in [0.1, 0.15) is 28.4 Å². The van der Waals surface area contributed by atoms with Gasteiger partial charge in [-0.25, -0.2) is 22.4 Å². The molecule has 0 aliphatic rings. The molecule has 20 heavy (non-hydrogen) atoms. The molecule has 0 aromatic heterocycles. The van der Waals surface area contributed by atoms with E-state index in [0.29, 0.717) is 0 Å². The highest BCUT2D eigenvalue weighted by Gasteiger charge is 2.34. The van der Waals surface area contributed by atoms with Crippen LogP contribution >= 0.6 is 0 Å². The van der Waals surface area contributed by atoms with E-state index in [1.165, 1.54) is 6.07 Å². The Bertz CT molecular complexity index is 570. The molecule has 0 radical (unpaired) electrons. The van der Waals surface area contributed by atoms with Gasteiger partial charge >= 0.3 is 5.97 Å². The van der Waals surface area contributed by atoms with E-state index >= 15 is 0 Å². The van der Waals surface area contributed by atoms with Crippen molar-refractivity contribution in [3.63, 3.8) is 0 Å². The summed E-state index contributed by atoms with van der Waals surface area (Å²) in [6, 6.07) is 1.38. The van der Waals surface area contributed by atoms with Crippen LogP contribution in [-0.4, -0.2) is 27.4 Å². The van der Waals surface area contributed by atoms with E-state index in [1.807, 2.05) is 0 Å². The summed E-state index contributed by atoms with van der Waals surface area (Å²) < 4.78 is 53.7. The molecule has 1 aromatic rings. The predicted octanol–water partition coefficient (Wildman–Crippen LogP) is 1.25. The van der Waals surface area contributed by atoms with Crippen molar-refractivity contribution in [2.45, 2.75) is 18.6 Å². The summed E-state index contributed by atoms with van der Waals surface area (Å²) >= 11 is 0. The van der Waals surface area contributed by atoms with Gasteiger partial charge in [-0.05, 0) is 0 Å². The van der Waals surface area contributed by atoms with E-state index in [9.17, 15) is 32.6 Å². The topological polar surface area (TPSA) is 102 Å². The zero-order chi connectivity index (χ0) is 15.6. The third-order valence-corrected chi connectivity index (χ3v) is 2.47. The number of rotatable bonds is 4. The van der Waals surface area contributed by atoms with E-state index in [2.05, 4.69) is 0 Å². The van der Waals surface area contributed by atoms with Crippen molar-refractivity contribution >= 4 is 5.97 Å². The summed E-state index contributed by atoms with van der Waals surface area (Å²) in [4.78, 5) is 10.5.